The topological polar surface area (TPSA) is 53.4 Å². The van der Waals surface area contributed by atoms with Gasteiger partial charge in [-0.1, -0.05) is 66.2 Å². The number of ether oxygens (including phenoxy) is 2. The number of halogens is 2. The van der Waals surface area contributed by atoms with Gasteiger partial charge in [0.1, 0.15) is 29.6 Å². The molecule has 0 aliphatic heterocycles. The fourth-order valence-electron chi connectivity index (χ4n) is 4.60. The number of nitrogens with zero attached hydrogens (tertiary/aromatic N) is 2. The first-order chi connectivity index (χ1) is 18.4. The van der Waals surface area contributed by atoms with Gasteiger partial charge in [0.05, 0.1) is 24.7 Å². The number of rotatable bonds is 7. The SMILES string of the molecule is COC(=O)c1c(F)cccc1COc1cc(C)c2nc(C)n(Cc3ccc(-c4ccccc4)cc3Cl)c2c1. The Balaban J connectivity index is 1.45. The monoisotopic (exact) mass is 528 g/mol. The second kappa shape index (κ2) is 10.7. The molecular weight excluding hydrogens is 503 g/mol. The minimum absolute atomic E-state index is 0.00698. The van der Waals surface area contributed by atoms with Crippen molar-refractivity contribution in [2.45, 2.75) is 27.0 Å². The largest absolute Gasteiger partial charge is 0.489 e. The zero-order valence-corrected chi connectivity index (χ0v) is 22.1. The van der Waals surface area contributed by atoms with E-state index in [0.717, 1.165) is 39.1 Å². The quantitative estimate of drug-likeness (QED) is 0.205. The van der Waals surface area contributed by atoms with Gasteiger partial charge in [0.2, 0.25) is 0 Å². The van der Waals surface area contributed by atoms with Crippen LogP contribution in [-0.4, -0.2) is 22.6 Å². The maximum absolute atomic E-state index is 14.3. The predicted molar refractivity (Wildman–Crippen MR) is 147 cm³/mol. The Morgan fingerprint density at radius 3 is 2.47 bits per heavy atom. The average Bonchev–Trinajstić information content (AvgIpc) is 3.24. The van der Waals surface area contributed by atoms with E-state index in [1.807, 2.05) is 56.3 Å². The molecule has 0 radical (unpaired) electrons. The molecule has 0 saturated carbocycles. The summed E-state index contributed by atoms with van der Waals surface area (Å²) in [6.45, 7) is 4.47. The lowest BCUT2D eigenvalue weighted by Crippen LogP contribution is -2.10. The third-order valence-electron chi connectivity index (χ3n) is 6.58. The van der Waals surface area contributed by atoms with E-state index in [1.165, 1.54) is 13.2 Å². The minimum Gasteiger partial charge on any atom is -0.489 e. The Hall–Kier alpha value is -4.16. The summed E-state index contributed by atoms with van der Waals surface area (Å²) in [5, 5.41) is 0.679. The van der Waals surface area contributed by atoms with Crippen LogP contribution >= 0.6 is 11.6 Å². The number of fused-ring (bicyclic) bond motifs is 1. The second-order valence-corrected chi connectivity index (χ2v) is 9.49. The van der Waals surface area contributed by atoms with Crippen molar-refractivity contribution in [3.8, 4) is 16.9 Å². The van der Waals surface area contributed by atoms with Gasteiger partial charge >= 0.3 is 5.97 Å². The number of imidazole rings is 1. The summed E-state index contributed by atoms with van der Waals surface area (Å²) < 4.78 is 27.2. The lowest BCUT2D eigenvalue weighted by molar-refractivity contribution is 0.0592. The molecule has 0 aliphatic carbocycles. The van der Waals surface area contributed by atoms with Crippen molar-refractivity contribution in [3.05, 3.63) is 118 Å². The van der Waals surface area contributed by atoms with Crippen LogP contribution in [0, 0.1) is 19.7 Å². The van der Waals surface area contributed by atoms with Gasteiger partial charge in [-0.2, -0.15) is 0 Å². The highest BCUT2D eigenvalue weighted by molar-refractivity contribution is 6.31. The van der Waals surface area contributed by atoms with Crippen LogP contribution in [0.5, 0.6) is 5.75 Å². The predicted octanol–water partition coefficient (Wildman–Crippen LogP) is 7.53. The average molecular weight is 529 g/mol. The van der Waals surface area contributed by atoms with Gasteiger partial charge in [-0.15, -0.1) is 0 Å². The van der Waals surface area contributed by atoms with Gasteiger partial charge in [-0.05, 0) is 54.3 Å². The number of hydrogen-bond donors (Lipinski definition) is 0. The maximum Gasteiger partial charge on any atom is 0.341 e. The molecule has 0 saturated heterocycles. The van der Waals surface area contributed by atoms with E-state index in [-0.39, 0.29) is 12.2 Å². The Bertz CT molecular complexity index is 1650. The Labute approximate surface area is 225 Å². The van der Waals surface area contributed by atoms with Gasteiger partial charge in [0.15, 0.2) is 0 Å². The highest BCUT2D eigenvalue weighted by atomic mass is 35.5. The third kappa shape index (κ3) is 5.00. The second-order valence-electron chi connectivity index (χ2n) is 9.08. The van der Waals surface area contributed by atoms with Crippen molar-refractivity contribution in [2.24, 2.45) is 0 Å². The van der Waals surface area contributed by atoms with Crippen molar-refractivity contribution in [2.75, 3.05) is 7.11 Å². The van der Waals surface area contributed by atoms with E-state index < -0.39 is 11.8 Å². The van der Waals surface area contributed by atoms with Crippen LogP contribution in [-0.2, 0) is 17.9 Å². The van der Waals surface area contributed by atoms with E-state index in [2.05, 4.69) is 22.8 Å². The van der Waals surface area contributed by atoms with Gasteiger partial charge < -0.3 is 14.0 Å². The molecule has 0 atom stereocenters. The number of carbonyl (C=O) groups is 1. The summed E-state index contributed by atoms with van der Waals surface area (Å²) in [5.74, 6) is 0.0500. The highest BCUT2D eigenvalue weighted by Gasteiger charge is 2.18. The summed E-state index contributed by atoms with van der Waals surface area (Å²) >= 11 is 6.72. The van der Waals surface area contributed by atoms with Crippen LogP contribution in [0.15, 0.2) is 78.9 Å². The number of carbonyl (C=O) groups excluding carboxylic acids is 1. The van der Waals surface area contributed by atoms with Crippen molar-refractivity contribution < 1.29 is 18.7 Å². The molecular formula is C31H26ClFN2O3. The van der Waals surface area contributed by atoms with E-state index in [0.29, 0.717) is 22.9 Å². The zero-order valence-electron chi connectivity index (χ0n) is 21.3. The molecule has 0 fully saturated rings. The van der Waals surface area contributed by atoms with Crippen molar-refractivity contribution >= 4 is 28.6 Å². The van der Waals surface area contributed by atoms with E-state index in [4.69, 9.17) is 26.1 Å². The van der Waals surface area contributed by atoms with Crippen LogP contribution in [0.1, 0.15) is 32.9 Å². The molecule has 1 heterocycles. The van der Waals surface area contributed by atoms with E-state index in [9.17, 15) is 9.18 Å². The van der Waals surface area contributed by atoms with Gasteiger partial charge in [-0.3, -0.25) is 0 Å². The van der Waals surface area contributed by atoms with Gasteiger partial charge in [-0.25, -0.2) is 14.2 Å². The molecule has 7 heteroatoms. The molecule has 1 aromatic heterocycles. The zero-order chi connectivity index (χ0) is 26.8. The lowest BCUT2D eigenvalue weighted by atomic mass is 10.0. The molecule has 0 spiro atoms. The lowest BCUT2D eigenvalue weighted by Gasteiger charge is -2.13. The molecule has 0 N–H and O–H groups in total. The molecule has 192 valence electrons. The molecule has 0 amide bonds. The molecule has 5 nitrogen and oxygen atoms in total. The first-order valence-corrected chi connectivity index (χ1v) is 12.5. The summed E-state index contributed by atoms with van der Waals surface area (Å²) in [4.78, 5) is 16.9. The van der Waals surface area contributed by atoms with Gasteiger partial charge in [0.25, 0.3) is 0 Å². The molecule has 5 aromatic rings. The molecule has 38 heavy (non-hydrogen) atoms. The fraction of sp³-hybridized carbons (Fsp3) is 0.161. The number of esters is 1. The fourth-order valence-corrected chi connectivity index (χ4v) is 4.84. The van der Waals surface area contributed by atoms with Crippen molar-refractivity contribution in [1.29, 1.82) is 0 Å². The summed E-state index contributed by atoms with van der Waals surface area (Å²) in [6, 6.07) is 24.4. The van der Waals surface area contributed by atoms with Crippen LogP contribution in [0.4, 0.5) is 4.39 Å². The number of aromatic nitrogens is 2. The number of hydrogen-bond acceptors (Lipinski definition) is 4. The molecule has 5 rings (SSSR count). The first-order valence-electron chi connectivity index (χ1n) is 12.2. The first kappa shape index (κ1) is 25.5. The van der Waals surface area contributed by atoms with E-state index in [1.54, 1.807) is 12.1 Å². The smallest absolute Gasteiger partial charge is 0.341 e. The van der Waals surface area contributed by atoms with Crippen molar-refractivity contribution in [1.82, 2.24) is 9.55 Å². The highest BCUT2D eigenvalue weighted by Crippen LogP contribution is 2.30. The van der Waals surface area contributed by atoms with Gasteiger partial charge in [0, 0.05) is 16.7 Å². The molecule has 0 unspecified atom stereocenters. The van der Waals surface area contributed by atoms with Crippen LogP contribution < -0.4 is 4.74 Å². The van der Waals surface area contributed by atoms with Crippen LogP contribution in [0.25, 0.3) is 22.2 Å². The number of benzene rings is 4. The number of aryl methyl sites for hydroxylation is 2. The summed E-state index contributed by atoms with van der Waals surface area (Å²) in [6.07, 6.45) is 0. The molecule has 0 bridgehead atoms. The number of methoxy groups -OCH3 is 1. The Morgan fingerprint density at radius 1 is 0.947 bits per heavy atom. The van der Waals surface area contributed by atoms with Crippen molar-refractivity contribution in [3.63, 3.8) is 0 Å². The normalized spacial score (nSPS) is 11.1. The Morgan fingerprint density at radius 2 is 1.74 bits per heavy atom. The maximum atomic E-state index is 14.3. The van der Waals surface area contributed by atoms with Crippen LogP contribution in [0.2, 0.25) is 5.02 Å². The third-order valence-corrected chi connectivity index (χ3v) is 6.93. The standard InChI is InChI=1S/C31H26ClFN2O3/c1-19-14-25(38-18-24-10-7-11-27(33)29(24)31(36)37-3)16-28-30(19)34-20(2)35(28)17-23-13-12-22(15-26(23)32)21-8-5-4-6-9-21/h4-16H,17-18H2,1-3H3. The van der Waals surface area contributed by atoms with E-state index >= 15 is 0 Å². The summed E-state index contributed by atoms with van der Waals surface area (Å²) in [5.41, 5.74) is 6.13. The summed E-state index contributed by atoms with van der Waals surface area (Å²) in [7, 11) is 1.22. The Kier molecular flexibility index (Phi) is 7.16. The van der Waals surface area contributed by atoms with Crippen LogP contribution in [0.3, 0.4) is 0 Å². The molecule has 4 aromatic carbocycles. The minimum atomic E-state index is -0.739. The molecule has 0 aliphatic rings.